The number of hydrogen-bond acceptors (Lipinski definition) is 2. The molecule has 1 aliphatic rings. The second kappa shape index (κ2) is 3.71. The summed E-state index contributed by atoms with van der Waals surface area (Å²) in [4.78, 5) is 0. The summed E-state index contributed by atoms with van der Waals surface area (Å²) in [5.41, 5.74) is 6.17. The third-order valence-electron chi connectivity index (χ3n) is 3.21. The molecule has 14 heavy (non-hydrogen) atoms. The van der Waals surface area contributed by atoms with Crippen LogP contribution < -0.4 is 5.73 Å². The van der Waals surface area contributed by atoms with E-state index in [0.29, 0.717) is 0 Å². The van der Waals surface area contributed by atoms with E-state index in [1.807, 2.05) is 30.3 Å². The first-order valence-corrected chi connectivity index (χ1v) is 5.27. The zero-order valence-corrected chi connectivity index (χ0v) is 8.32. The Hall–Kier alpha value is -0.860. The summed E-state index contributed by atoms with van der Waals surface area (Å²) in [5.74, 6) is 0. The standard InChI is InChI=1S/C12H17NO/c13-11-8-4-5-9-12(11,14)10-6-2-1-3-7-10/h1-3,6-7,11,14H,4-5,8-9,13H2/t11-,12+/m0/s1. The molecule has 0 aromatic heterocycles. The van der Waals surface area contributed by atoms with Crippen molar-refractivity contribution < 1.29 is 5.11 Å². The quantitative estimate of drug-likeness (QED) is 0.710. The molecule has 2 rings (SSSR count). The first-order valence-electron chi connectivity index (χ1n) is 5.27. The summed E-state index contributed by atoms with van der Waals surface area (Å²) in [6.45, 7) is 0. The van der Waals surface area contributed by atoms with E-state index in [2.05, 4.69) is 0 Å². The lowest BCUT2D eigenvalue weighted by Gasteiger charge is -2.38. The second-order valence-corrected chi connectivity index (χ2v) is 4.14. The summed E-state index contributed by atoms with van der Waals surface area (Å²) in [6.07, 6.45) is 3.92. The maximum Gasteiger partial charge on any atom is 0.105 e. The van der Waals surface area contributed by atoms with Gasteiger partial charge in [0.1, 0.15) is 5.60 Å². The Balaban J connectivity index is 2.30. The molecule has 3 N–H and O–H groups in total. The van der Waals surface area contributed by atoms with Gasteiger partial charge in [0.05, 0.1) is 0 Å². The molecule has 0 amide bonds. The largest absolute Gasteiger partial charge is 0.384 e. The smallest absolute Gasteiger partial charge is 0.105 e. The SMILES string of the molecule is N[C@H]1CCCC[C@@]1(O)c1ccccc1. The highest BCUT2D eigenvalue weighted by molar-refractivity contribution is 5.24. The van der Waals surface area contributed by atoms with E-state index < -0.39 is 5.60 Å². The molecule has 0 unspecified atom stereocenters. The summed E-state index contributed by atoms with van der Waals surface area (Å²) < 4.78 is 0. The van der Waals surface area contributed by atoms with Crippen molar-refractivity contribution in [1.29, 1.82) is 0 Å². The van der Waals surface area contributed by atoms with Crippen molar-refractivity contribution in [3.8, 4) is 0 Å². The number of hydrogen-bond donors (Lipinski definition) is 2. The van der Waals surface area contributed by atoms with Crippen LogP contribution in [0.2, 0.25) is 0 Å². The van der Waals surface area contributed by atoms with Gasteiger partial charge in [0.25, 0.3) is 0 Å². The molecule has 76 valence electrons. The summed E-state index contributed by atoms with van der Waals surface area (Å²) in [5, 5.41) is 10.5. The molecule has 0 spiro atoms. The highest BCUT2D eigenvalue weighted by Gasteiger charge is 2.37. The van der Waals surface area contributed by atoms with Crippen molar-refractivity contribution in [3.63, 3.8) is 0 Å². The van der Waals surface area contributed by atoms with Crippen LogP contribution in [0.4, 0.5) is 0 Å². The van der Waals surface area contributed by atoms with Crippen molar-refractivity contribution >= 4 is 0 Å². The minimum Gasteiger partial charge on any atom is -0.384 e. The molecule has 1 aromatic carbocycles. The van der Waals surface area contributed by atoms with Crippen LogP contribution in [0.15, 0.2) is 30.3 Å². The van der Waals surface area contributed by atoms with Gasteiger partial charge in [-0.25, -0.2) is 0 Å². The van der Waals surface area contributed by atoms with Crippen molar-refractivity contribution in [2.45, 2.75) is 37.3 Å². The number of benzene rings is 1. The zero-order chi connectivity index (χ0) is 10.0. The fourth-order valence-electron chi connectivity index (χ4n) is 2.27. The molecule has 0 heterocycles. The first-order chi connectivity index (χ1) is 6.73. The molecular formula is C12H17NO. The van der Waals surface area contributed by atoms with Crippen LogP contribution in [0, 0.1) is 0 Å². The van der Waals surface area contributed by atoms with E-state index >= 15 is 0 Å². The molecule has 0 bridgehead atoms. The Morgan fingerprint density at radius 2 is 1.93 bits per heavy atom. The highest BCUT2D eigenvalue weighted by atomic mass is 16.3. The van der Waals surface area contributed by atoms with E-state index in [9.17, 15) is 5.11 Å². The number of rotatable bonds is 1. The van der Waals surface area contributed by atoms with Gasteiger partial charge in [-0.3, -0.25) is 0 Å². The minimum absolute atomic E-state index is 0.112. The Kier molecular flexibility index (Phi) is 2.57. The van der Waals surface area contributed by atoms with Crippen LogP contribution in [0.3, 0.4) is 0 Å². The van der Waals surface area contributed by atoms with E-state index in [-0.39, 0.29) is 6.04 Å². The van der Waals surface area contributed by atoms with Gasteiger partial charge in [0.15, 0.2) is 0 Å². The highest BCUT2D eigenvalue weighted by Crippen LogP contribution is 2.35. The van der Waals surface area contributed by atoms with Crippen LogP contribution in [0.1, 0.15) is 31.2 Å². The molecule has 0 radical (unpaired) electrons. The Morgan fingerprint density at radius 3 is 2.57 bits per heavy atom. The normalized spacial score (nSPS) is 32.9. The maximum atomic E-state index is 10.5. The Bertz CT molecular complexity index is 298. The number of aliphatic hydroxyl groups is 1. The molecule has 1 aromatic rings. The predicted octanol–water partition coefficient (Wildman–Crippen LogP) is 1.78. The fraction of sp³-hybridized carbons (Fsp3) is 0.500. The van der Waals surface area contributed by atoms with Crippen LogP contribution in [-0.4, -0.2) is 11.1 Å². The van der Waals surface area contributed by atoms with Gasteiger partial charge < -0.3 is 10.8 Å². The van der Waals surface area contributed by atoms with Crippen LogP contribution in [0.5, 0.6) is 0 Å². The fourth-order valence-corrected chi connectivity index (χ4v) is 2.27. The van der Waals surface area contributed by atoms with Gasteiger partial charge in [-0.2, -0.15) is 0 Å². The monoisotopic (exact) mass is 191 g/mol. The third kappa shape index (κ3) is 1.56. The van der Waals surface area contributed by atoms with Crippen molar-refractivity contribution in [2.75, 3.05) is 0 Å². The third-order valence-corrected chi connectivity index (χ3v) is 3.21. The van der Waals surface area contributed by atoms with E-state index in [4.69, 9.17) is 5.73 Å². The van der Waals surface area contributed by atoms with Crippen molar-refractivity contribution in [2.24, 2.45) is 5.73 Å². The van der Waals surface area contributed by atoms with Crippen molar-refractivity contribution in [1.82, 2.24) is 0 Å². The van der Waals surface area contributed by atoms with Gasteiger partial charge >= 0.3 is 0 Å². The Labute approximate surface area is 84.7 Å². The average Bonchev–Trinajstić information content (AvgIpc) is 2.24. The van der Waals surface area contributed by atoms with Crippen LogP contribution in [0.25, 0.3) is 0 Å². The summed E-state index contributed by atoms with van der Waals surface area (Å²) in [7, 11) is 0. The molecule has 1 saturated carbocycles. The molecule has 2 heteroatoms. The minimum atomic E-state index is -0.792. The zero-order valence-electron chi connectivity index (χ0n) is 8.32. The van der Waals surface area contributed by atoms with Gasteiger partial charge in [-0.15, -0.1) is 0 Å². The lowest BCUT2D eigenvalue weighted by Crippen LogP contribution is -2.47. The lowest BCUT2D eigenvalue weighted by atomic mass is 9.76. The molecule has 0 saturated heterocycles. The molecular weight excluding hydrogens is 174 g/mol. The van der Waals surface area contributed by atoms with Crippen molar-refractivity contribution in [3.05, 3.63) is 35.9 Å². The van der Waals surface area contributed by atoms with E-state index in [0.717, 1.165) is 31.2 Å². The Morgan fingerprint density at radius 1 is 1.21 bits per heavy atom. The first kappa shape index (κ1) is 9.69. The van der Waals surface area contributed by atoms with E-state index in [1.54, 1.807) is 0 Å². The van der Waals surface area contributed by atoms with Gasteiger partial charge in [-0.1, -0.05) is 43.2 Å². The lowest BCUT2D eigenvalue weighted by molar-refractivity contribution is -0.0193. The van der Waals surface area contributed by atoms with Gasteiger partial charge in [-0.05, 0) is 18.4 Å². The summed E-state index contributed by atoms with van der Waals surface area (Å²) in [6, 6.07) is 9.68. The predicted molar refractivity (Wildman–Crippen MR) is 56.8 cm³/mol. The average molecular weight is 191 g/mol. The van der Waals surface area contributed by atoms with Gasteiger partial charge in [0.2, 0.25) is 0 Å². The van der Waals surface area contributed by atoms with Crippen LogP contribution >= 0.6 is 0 Å². The molecule has 1 fully saturated rings. The maximum absolute atomic E-state index is 10.5. The van der Waals surface area contributed by atoms with Gasteiger partial charge in [0, 0.05) is 6.04 Å². The topological polar surface area (TPSA) is 46.2 Å². The second-order valence-electron chi connectivity index (χ2n) is 4.14. The molecule has 2 atom stereocenters. The molecule has 0 aliphatic heterocycles. The van der Waals surface area contributed by atoms with E-state index in [1.165, 1.54) is 0 Å². The van der Waals surface area contributed by atoms with Crippen LogP contribution in [-0.2, 0) is 5.60 Å². The molecule has 1 aliphatic carbocycles. The summed E-state index contributed by atoms with van der Waals surface area (Å²) >= 11 is 0. The molecule has 2 nitrogen and oxygen atoms in total. The number of nitrogens with two attached hydrogens (primary N) is 1.